The van der Waals surface area contributed by atoms with E-state index in [1.165, 1.54) is 18.3 Å². The highest BCUT2D eigenvalue weighted by Crippen LogP contribution is 2.11. The first-order chi connectivity index (χ1) is 9.49. The topological polar surface area (TPSA) is 186 Å². The van der Waals surface area contributed by atoms with Crippen LogP contribution in [-0.2, 0) is 0 Å². The monoisotopic (exact) mass is 277 g/mol. The van der Waals surface area contributed by atoms with Crippen molar-refractivity contribution in [3.8, 4) is 0 Å². The second-order valence-corrected chi connectivity index (χ2v) is 3.27. The SMILES string of the molecule is N=C(N)N.O=[N+]([O-])c1ccc(/C=N/c2nn[nH]n2)cc1. The van der Waals surface area contributed by atoms with Crippen LogP contribution < -0.4 is 11.5 Å². The molecule has 0 saturated carbocycles. The number of H-pyrrole nitrogens is 1. The van der Waals surface area contributed by atoms with Gasteiger partial charge in [0.1, 0.15) is 0 Å². The first-order valence-corrected chi connectivity index (χ1v) is 5.10. The van der Waals surface area contributed by atoms with Gasteiger partial charge in [0, 0.05) is 18.3 Å². The molecule has 0 fully saturated rings. The maximum Gasteiger partial charge on any atom is 0.288 e. The fraction of sp³-hybridized carbons (Fsp3) is 0. The lowest BCUT2D eigenvalue weighted by atomic mass is 10.2. The Morgan fingerprint density at radius 2 is 2.00 bits per heavy atom. The van der Waals surface area contributed by atoms with Crippen molar-refractivity contribution in [2.45, 2.75) is 0 Å². The molecule has 0 saturated heterocycles. The summed E-state index contributed by atoms with van der Waals surface area (Å²) >= 11 is 0. The molecule has 0 bridgehead atoms. The third kappa shape index (κ3) is 5.31. The highest BCUT2D eigenvalue weighted by atomic mass is 16.6. The lowest BCUT2D eigenvalue weighted by molar-refractivity contribution is -0.384. The summed E-state index contributed by atoms with van der Waals surface area (Å²) in [7, 11) is 0. The maximum atomic E-state index is 10.4. The van der Waals surface area contributed by atoms with Gasteiger partial charge in [-0.15, -0.1) is 5.10 Å². The average molecular weight is 277 g/mol. The molecule has 1 heterocycles. The van der Waals surface area contributed by atoms with E-state index >= 15 is 0 Å². The Labute approximate surface area is 112 Å². The Morgan fingerprint density at radius 1 is 1.40 bits per heavy atom. The summed E-state index contributed by atoms with van der Waals surface area (Å²) in [6.45, 7) is 0. The van der Waals surface area contributed by atoms with Crippen LogP contribution in [0.15, 0.2) is 29.3 Å². The number of rotatable bonds is 3. The molecule has 1 aromatic heterocycles. The van der Waals surface area contributed by atoms with Crippen LogP contribution in [0.25, 0.3) is 0 Å². The van der Waals surface area contributed by atoms with Crippen LogP contribution in [0.5, 0.6) is 0 Å². The van der Waals surface area contributed by atoms with Gasteiger partial charge in [0.25, 0.3) is 11.6 Å². The number of nitrogens with one attached hydrogen (secondary N) is 2. The predicted molar refractivity (Wildman–Crippen MR) is 70.6 cm³/mol. The van der Waals surface area contributed by atoms with E-state index in [1.807, 2.05) is 0 Å². The van der Waals surface area contributed by atoms with Crippen LogP contribution in [0.1, 0.15) is 5.56 Å². The Kier molecular flexibility index (Phi) is 5.25. The van der Waals surface area contributed by atoms with Gasteiger partial charge in [-0.3, -0.25) is 15.5 Å². The number of hydrogen-bond donors (Lipinski definition) is 4. The third-order valence-corrected chi connectivity index (χ3v) is 1.77. The van der Waals surface area contributed by atoms with Crippen molar-refractivity contribution in [3.63, 3.8) is 0 Å². The van der Waals surface area contributed by atoms with E-state index in [2.05, 4.69) is 37.1 Å². The molecule has 0 aliphatic heterocycles. The molecule has 0 atom stereocenters. The summed E-state index contributed by atoms with van der Waals surface area (Å²) < 4.78 is 0. The molecule has 0 spiro atoms. The van der Waals surface area contributed by atoms with Gasteiger partial charge >= 0.3 is 0 Å². The molecule has 11 heteroatoms. The summed E-state index contributed by atoms with van der Waals surface area (Å²) in [6, 6.07) is 5.97. The Hall–Kier alpha value is -3.37. The fourth-order valence-electron chi connectivity index (χ4n) is 1.03. The van der Waals surface area contributed by atoms with Crippen LogP contribution >= 0.6 is 0 Å². The molecule has 2 rings (SSSR count). The zero-order valence-electron chi connectivity index (χ0n) is 10.1. The van der Waals surface area contributed by atoms with Crippen molar-refractivity contribution in [3.05, 3.63) is 39.9 Å². The molecule has 11 nitrogen and oxygen atoms in total. The third-order valence-electron chi connectivity index (χ3n) is 1.77. The quantitative estimate of drug-likeness (QED) is 0.256. The number of aliphatic imine (C=N–C) groups is 1. The molecule has 0 radical (unpaired) electrons. The number of aromatic nitrogens is 4. The van der Waals surface area contributed by atoms with Gasteiger partial charge in [0.15, 0.2) is 5.96 Å². The number of non-ortho nitro benzene ring substituents is 1. The van der Waals surface area contributed by atoms with Crippen molar-refractivity contribution >= 4 is 23.8 Å². The Bertz CT molecular complexity index is 586. The van der Waals surface area contributed by atoms with Crippen LogP contribution in [0.4, 0.5) is 11.6 Å². The Balaban J connectivity index is 0.000000444. The summed E-state index contributed by atoms with van der Waals surface area (Å²) in [5.74, 6) is -0.127. The average Bonchev–Trinajstić information content (AvgIpc) is 2.89. The number of hydrogen-bond acceptors (Lipinski definition) is 7. The van der Waals surface area contributed by atoms with Crippen molar-refractivity contribution in [1.29, 1.82) is 5.41 Å². The number of nitrogens with zero attached hydrogens (tertiary/aromatic N) is 5. The molecule has 104 valence electrons. The van der Waals surface area contributed by atoms with Crippen LogP contribution in [0.2, 0.25) is 0 Å². The smallest absolute Gasteiger partial charge is 0.288 e. The van der Waals surface area contributed by atoms with E-state index in [1.54, 1.807) is 12.1 Å². The van der Waals surface area contributed by atoms with E-state index in [0.29, 0.717) is 0 Å². The lowest BCUT2D eigenvalue weighted by Gasteiger charge is -1.91. The second-order valence-electron chi connectivity index (χ2n) is 3.27. The summed E-state index contributed by atoms with van der Waals surface area (Å²) in [5.41, 5.74) is 9.70. The second kappa shape index (κ2) is 7.15. The van der Waals surface area contributed by atoms with Gasteiger partial charge in [-0.1, -0.05) is 5.10 Å². The van der Waals surface area contributed by atoms with E-state index in [0.717, 1.165) is 5.56 Å². The molecule has 6 N–H and O–H groups in total. The molecule has 20 heavy (non-hydrogen) atoms. The number of nitrogens with two attached hydrogens (primary N) is 2. The van der Waals surface area contributed by atoms with Crippen LogP contribution in [-0.4, -0.2) is 37.7 Å². The van der Waals surface area contributed by atoms with Crippen molar-refractivity contribution in [2.24, 2.45) is 16.5 Å². The normalized spacial score (nSPS) is 9.80. The van der Waals surface area contributed by atoms with E-state index in [-0.39, 0.29) is 17.6 Å². The van der Waals surface area contributed by atoms with E-state index in [9.17, 15) is 10.1 Å². The maximum absolute atomic E-state index is 10.4. The summed E-state index contributed by atoms with van der Waals surface area (Å²) in [4.78, 5) is 13.8. The minimum atomic E-state index is -0.458. The largest absolute Gasteiger partial charge is 0.370 e. The van der Waals surface area contributed by atoms with Crippen LogP contribution in [0, 0.1) is 15.5 Å². The standard InChI is InChI=1S/C8H6N6O2.CH5N3/c15-14(16)7-3-1-6(2-4-7)5-9-8-10-12-13-11-8;2-1(3)4/h1-5H,(H,10,11,12,13);(H5,2,3,4)/b9-5+;. The van der Waals surface area contributed by atoms with Gasteiger partial charge in [-0.05, 0) is 22.9 Å². The van der Waals surface area contributed by atoms with Gasteiger partial charge < -0.3 is 11.5 Å². The first kappa shape index (κ1) is 14.7. The molecular formula is C9H11N9O2. The molecule has 1 aromatic carbocycles. The summed E-state index contributed by atoms with van der Waals surface area (Å²) in [5, 5.41) is 29.3. The molecule has 2 aromatic rings. The van der Waals surface area contributed by atoms with Gasteiger partial charge in [0.05, 0.1) is 4.92 Å². The van der Waals surface area contributed by atoms with Crippen molar-refractivity contribution < 1.29 is 4.92 Å². The highest BCUT2D eigenvalue weighted by Gasteiger charge is 2.02. The molecule has 0 amide bonds. The first-order valence-electron chi connectivity index (χ1n) is 5.10. The zero-order valence-corrected chi connectivity index (χ0v) is 10.1. The zero-order chi connectivity index (χ0) is 15.0. The Morgan fingerprint density at radius 3 is 2.45 bits per heavy atom. The summed E-state index contributed by atoms with van der Waals surface area (Å²) in [6.07, 6.45) is 1.49. The lowest BCUT2D eigenvalue weighted by Crippen LogP contribution is -2.20. The van der Waals surface area contributed by atoms with E-state index < -0.39 is 4.92 Å². The number of nitro benzene ring substituents is 1. The molecule has 0 aliphatic carbocycles. The number of benzene rings is 1. The van der Waals surface area contributed by atoms with Crippen LogP contribution in [0.3, 0.4) is 0 Å². The number of aromatic amines is 1. The predicted octanol–water partition coefficient (Wildman–Crippen LogP) is -0.303. The van der Waals surface area contributed by atoms with Crippen molar-refractivity contribution in [2.75, 3.05) is 0 Å². The molecular weight excluding hydrogens is 266 g/mol. The number of guanidine groups is 1. The fourth-order valence-corrected chi connectivity index (χ4v) is 1.03. The van der Waals surface area contributed by atoms with E-state index in [4.69, 9.17) is 5.41 Å². The molecule has 0 unspecified atom stereocenters. The van der Waals surface area contributed by atoms with Gasteiger partial charge in [0.2, 0.25) is 0 Å². The van der Waals surface area contributed by atoms with Gasteiger partial charge in [-0.25, -0.2) is 4.99 Å². The van der Waals surface area contributed by atoms with Crippen molar-refractivity contribution in [1.82, 2.24) is 20.6 Å². The number of tetrazole rings is 1. The minimum Gasteiger partial charge on any atom is -0.370 e. The van der Waals surface area contributed by atoms with Gasteiger partial charge in [-0.2, -0.15) is 5.21 Å². The minimum absolute atomic E-state index is 0.0386. The molecule has 0 aliphatic rings. The highest BCUT2D eigenvalue weighted by molar-refractivity contribution is 5.81. The number of nitro groups is 1.